The Kier molecular flexibility index (Phi) is 10.4. The zero-order valence-electron chi connectivity index (χ0n) is 48.5. The number of benzene rings is 13. The largest absolute Gasteiger partial charge is 0.454 e. The van der Waals surface area contributed by atoms with Crippen molar-refractivity contribution in [3.63, 3.8) is 0 Å². The molecule has 0 saturated carbocycles. The van der Waals surface area contributed by atoms with Gasteiger partial charge in [-0.3, -0.25) is 0 Å². The predicted molar refractivity (Wildman–Crippen MR) is 357 cm³/mol. The molecular formula is C81H60N2O2. The van der Waals surface area contributed by atoms with E-state index in [0.717, 1.165) is 83.4 Å². The van der Waals surface area contributed by atoms with E-state index in [2.05, 4.69) is 306 Å². The van der Waals surface area contributed by atoms with Gasteiger partial charge in [0.2, 0.25) is 0 Å². The van der Waals surface area contributed by atoms with E-state index >= 15 is 0 Å². The van der Waals surface area contributed by atoms with Crippen molar-refractivity contribution in [2.75, 3.05) is 9.80 Å². The lowest BCUT2D eigenvalue weighted by Gasteiger charge is -2.34. The molecule has 17 rings (SSSR count). The Bertz CT molecular complexity index is 5240. The molecule has 1 spiro atoms. The maximum absolute atomic E-state index is 7.29. The summed E-state index contributed by atoms with van der Waals surface area (Å²) in [5.41, 5.74) is 21.4. The van der Waals surface area contributed by atoms with Gasteiger partial charge in [-0.25, -0.2) is 0 Å². The Morgan fingerprint density at radius 1 is 0.282 bits per heavy atom. The Labute approximate surface area is 494 Å². The molecule has 0 N–H and O–H groups in total. The first-order chi connectivity index (χ1) is 41.5. The highest BCUT2D eigenvalue weighted by atomic mass is 16.3. The molecule has 2 heterocycles. The average molecular weight is 1090 g/mol. The molecule has 0 radical (unpaired) electrons. The van der Waals surface area contributed by atoms with E-state index in [9.17, 15) is 0 Å². The van der Waals surface area contributed by atoms with Crippen molar-refractivity contribution in [1.29, 1.82) is 0 Å². The summed E-state index contributed by atoms with van der Waals surface area (Å²) in [7, 11) is 0. The van der Waals surface area contributed by atoms with Gasteiger partial charge in [0.05, 0.1) is 22.5 Å². The lowest BCUT2D eigenvalue weighted by atomic mass is 9.69. The van der Waals surface area contributed by atoms with Crippen molar-refractivity contribution >= 4 is 110 Å². The van der Waals surface area contributed by atoms with Crippen molar-refractivity contribution in [1.82, 2.24) is 0 Å². The lowest BCUT2D eigenvalue weighted by Crippen LogP contribution is -2.26. The summed E-state index contributed by atoms with van der Waals surface area (Å²) in [5, 5.41) is 11.6. The fourth-order valence-corrected chi connectivity index (χ4v) is 15.1. The van der Waals surface area contributed by atoms with Crippen LogP contribution in [0.3, 0.4) is 0 Å². The van der Waals surface area contributed by atoms with Crippen LogP contribution < -0.4 is 9.80 Å². The minimum absolute atomic E-state index is 0.111. The van der Waals surface area contributed by atoms with Gasteiger partial charge in [-0.15, -0.1) is 0 Å². The van der Waals surface area contributed by atoms with E-state index in [0.29, 0.717) is 0 Å². The van der Waals surface area contributed by atoms with E-state index in [-0.39, 0.29) is 10.8 Å². The maximum Gasteiger partial charge on any atom is 0.159 e. The van der Waals surface area contributed by atoms with Gasteiger partial charge in [0.1, 0.15) is 11.2 Å². The lowest BCUT2D eigenvalue weighted by molar-refractivity contribution is 0.572. The molecule has 0 saturated heterocycles. The highest BCUT2D eigenvalue weighted by molar-refractivity contribution is 6.25. The first-order valence-electron chi connectivity index (χ1n) is 29.8. The van der Waals surface area contributed by atoms with E-state index in [1.54, 1.807) is 0 Å². The molecule has 4 heteroatoms. The van der Waals surface area contributed by atoms with Crippen LogP contribution in [0.5, 0.6) is 0 Å². The molecule has 15 aromatic rings. The number of rotatable bonds is 6. The molecule has 0 amide bonds. The summed E-state index contributed by atoms with van der Waals surface area (Å²) < 4.78 is 14.5. The van der Waals surface area contributed by atoms with Crippen LogP contribution in [0.4, 0.5) is 34.1 Å². The van der Waals surface area contributed by atoms with Crippen LogP contribution in [0, 0.1) is 0 Å². The number of nitrogens with zero attached hydrogens (tertiary/aromatic N) is 2. The van der Waals surface area contributed by atoms with Crippen LogP contribution in [-0.2, 0) is 16.2 Å². The second kappa shape index (κ2) is 17.9. The van der Waals surface area contributed by atoms with Crippen LogP contribution >= 0.6 is 0 Å². The fraction of sp³-hybridized carbons (Fsp3) is 0.111. The predicted octanol–water partition coefficient (Wildman–Crippen LogP) is 22.8. The summed E-state index contributed by atoms with van der Waals surface area (Å²) >= 11 is 0. The Morgan fingerprint density at radius 3 is 1.27 bits per heavy atom. The minimum atomic E-state index is -0.737. The standard InChI is InChI=1S/C81H60N2O2/c1-79(2,3)66-41-21-35-59-61-37-23-43-69(77(61)84-75(59)66)82(49-25-9-7-10-26-49)51-45-46-58-63(47-51)52-29-13-15-33-56(52)73-72-57-34-16-14-32-55(57)71(48-68(72)81(74(58)73)64-39-19-17-30-53(64)54-31-18-20-40-65(54)81)83(50-27-11-8-12-28-50)70-44-24-38-62-60-36-22-42-67(80(4,5)6)76(60)85-78(62)70/h7-48H,1-6H3. The Hall–Kier alpha value is -10.2. The zero-order valence-corrected chi connectivity index (χ0v) is 48.5. The summed E-state index contributed by atoms with van der Waals surface area (Å²) in [6.07, 6.45) is 0. The van der Waals surface area contributed by atoms with E-state index in [1.807, 2.05) is 0 Å². The van der Waals surface area contributed by atoms with Crippen molar-refractivity contribution in [3.05, 3.63) is 288 Å². The third kappa shape index (κ3) is 6.91. The molecule has 0 fully saturated rings. The van der Waals surface area contributed by atoms with E-state index in [4.69, 9.17) is 8.83 Å². The monoisotopic (exact) mass is 1090 g/mol. The van der Waals surface area contributed by atoms with E-state index in [1.165, 1.54) is 82.6 Å². The van der Waals surface area contributed by atoms with Crippen LogP contribution in [0.15, 0.2) is 264 Å². The summed E-state index contributed by atoms with van der Waals surface area (Å²) in [6, 6.07) is 94.7. The fourth-order valence-electron chi connectivity index (χ4n) is 15.1. The zero-order chi connectivity index (χ0) is 57.1. The molecule has 406 valence electrons. The van der Waals surface area contributed by atoms with Crippen molar-refractivity contribution in [2.24, 2.45) is 0 Å². The molecular weight excluding hydrogens is 1030 g/mol. The highest BCUT2D eigenvalue weighted by Crippen LogP contribution is 2.68. The molecule has 4 nitrogen and oxygen atoms in total. The molecule has 2 aliphatic carbocycles. The number of furan rings is 2. The quantitative estimate of drug-likeness (QED) is 0.155. The number of hydrogen-bond acceptors (Lipinski definition) is 4. The van der Waals surface area contributed by atoms with Crippen molar-refractivity contribution in [2.45, 2.75) is 57.8 Å². The van der Waals surface area contributed by atoms with Gasteiger partial charge in [0.25, 0.3) is 0 Å². The van der Waals surface area contributed by atoms with Crippen LogP contribution in [0.2, 0.25) is 0 Å². The van der Waals surface area contributed by atoms with Gasteiger partial charge in [0.15, 0.2) is 11.2 Å². The van der Waals surface area contributed by atoms with Crippen LogP contribution in [-0.4, -0.2) is 0 Å². The first kappa shape index (κ1) is 49.4. The Balaban J connectivity index is 0.983. The Morgan fingerprint density at radius 2 is 0.718 bits per heavy atom. The second-order valence-electron chi connectivity index (χ2n) is 25.4. The number of anilines is 6. The topological polar surface area (TPSA) is 32.8 Å². The molecule has 0 unspecified atom stereocenters. The van der Waals surface area contributed by atoms with Gasteiger partial charge in [-0.1, -0.05) is 242 Å². The summed E-state index contributed by atoms with van der Waals surface area (Å²) in [5.74, 6) is 0. The number of fused-ring (bicyclic) bond motifs is 23. The highest BCUT2D eigenvalue weighted by Gasteiger charge is 2.54. The average Bonchev–Trinajstić information content (AvgIpc) is 1.50. The SMILES string of the molecule is CC(C)(C)c1cccc2c1oc1c(N(c3ccccc3)c3ccc4c5c(c6ccccc6c4c3)-c3c(cc(N(c4ccccc4)c4cccc6c4oc4c(C(C)(C)C)cccc46)c4ccccc34)C53c4ccccc4-c4ccccc43)cccc12. The molecule has 85 heavy (non-hydrogen) atoms. The maximum atomic E-state index is 7.29. The van der Waals surface area contributed by atoms with Gasteiger partial charge in [0, 0.05) is 55.1 Å². The molecule has 2 aromatic heterocycles. The molecule has 13 aromatic carbocycles. The van der Waals surface area contributed by atoms with Gasteiger partial charge in [-0.05, 0) is 137 Å². The van der Waals surface area contributed by atoms with Crippen molar-refractivity contribution in [3.8, 4) is 22.3 Å². The van der Waals surface area contributed by atoms with Gasteiger partial charge >= 0.3 is 0 Å². The minimum Gasteiger partial charge on any atom is -0.454 e. The molecule has 0 atom stereocenters. The number of hydrogen-bond donors (Lipinski definition) is 0. The van der Waals surface area contributed by atoms with Crippen LogP contribution in [0.1, 0.15) is 74.9 Å². The normalized spacial score (nSPS) is 13.4. The first-order valence-corrected chi connectivity index (χ1v) is 29.8. The molecule has 0 bridgehead atoms. The van der Waals surface area contributed by atoms with Crippen LogP contribution in [0.25, 0.3) is 98.4 Å². The van der Waals surface area contributed by atoms with E-state index < -0.39 is 5.41 Å². The molecule has 2 aliphatic rings. The summed E-state index contributed by atoms with van der Waals surface area (Å²) in [6.45, 7) is 13.6. The second-order valence-corrected chi connectivity index (χ2v) is 25.4. The van der Waals surface area contributed by atoms with Gasteiger partial charge in [-0.2, -0.15) is 0 Å². The van der Waals surface area contributed by atoms with Gasteiger partial charge < -0.3 is 18.6 Å². The van der Waals surface area contributed by atoms with Crippen molar-refractivity contribution < 1.29 is 8.83 Å². The third-order valence-corrected chi connectivity index (χ3v) is 18.6. The number of para-hydroxylation sites is 6. The smallest absolute Gasteiger partial charge is 0.159 e. The third-order valence-electron chi connectivity index (χ3n) is 18.6. The summed E-state index contributed by atoms with van der Waals surface area (Å²) in [4.78, 5) is 4.87. The molecule has 0 aliphatic heterocycles.